The molecule has 18 nitrogen and oxygen atoms in total. The lowest BCUT2D eigenvalue weighted by Gasteiger charge is -2.49. The second-order valence-corrected chi connectivity index (χ2v) is 13.2. The second-order valence-electron chi connectivity index (χ2n) is 9.06. The van der Waals surface area contributed by atoms with Crippen molar-refractivity contribution in [2.75, 3.05) is 29.6 Å². The van der Waals surface area contributed by atoms with Crippen LogP contribution < -0.4 is 21.5 Å². The molecule has 3 aromatic rings. The van der Waals surface area contributed by atoms with Crippen molar-refractivity contribution < 1.29 is 44.4 Å². The average Bonchev–Trinajstić information content (AvgIpc) is 3.70. The number of β-lactam (4-membered cyclic amide) rings is 1. The number of aliphatic hydroxyl groups is 1. The number of carbonyl (C=O) groups excluding carboxylic acids is 2. The van der Waals surface area contributed by atoms with E-state index in [1.54, 1.807) is 21.6 Å². The van der Waals surface area contributed by atoms with Gasteiger partial charge in [0, 0.05) is 23.0 Å². The Balaban J connectivity index is 1.30. The fourth-order valence-electron chi connectivity index (χ4n) is 4.46. The van der Waals surface area contributed by atoms with Gasteiger partial charge in [-0.15, -0.1) is 32.5 Å². The molecule has 0 aromatic carbocycles. The number of rotatable bonds is 12. The van der Waals surface area contributed by atoms with Gasteiger partial charge in [-0.05, 0) is 5.57 Å². The van der Waals surface area contributed by atoms with E-state index in [4.69, 9.17) is 11.5 Å². The molecule has 5 heterocycles. The Morgan fingerprint density at radius 3 is 2.64 bits per heavy atom. The van der Waals surface area contributed by atoms with Crippen LogP contribution in [0.1, 0.15) is 21.2 Å². The maximum Gasteiger partial charge on any atom is 0.352 e. The molecule has 1 unspecified atom stereocenters. The van der Waals surface area contributed by atoms with Crippen LogP contribution in [0.3, 0.4) is 0 Å². The van der Waals surface area contributed by atoms with Crippen LogP contribution in [0.2, 0.25) is 0 Å². The number of amides is 2. The molecule has 1 fully saturated rings. The van der Waals surface area contributed by atoms with E-state index in [-0.39, 0.29) is 58.4 Å². The number of nitrogens with one attached hydrogen (secondary N) is 1. The minimum absolute atomic E-state index is 0.00123. The standard InChI is InChI=1S/C22H22N10O8S4/c23-10-1-2-30(31(10)3-4-33)5-9-14(20(38)39)43-22(25-9)42-7-8-6-41-18-12(17(35)32(18)13(8)19(36)37)26-16(34)11(28-40)15-27-21(24)44-29-15/h1-2,12,18,23,33H,3-7H2,(H6,24,26,27,29,34,36,37,38,39,40)/p+1/t12-,18?/m1/s1. The number of aliphatic carboxylic acids is 1. The van der Waals surface area contributed by atoms with E-state index in [0.717, 1.165) is 39.5 Å². The van der Waals surface area contributed by atoms with Gasteiger partial charge in [0.05, 0.1) is 12.7 Å². The number of aliphatic hydroxyl groups excluding tert-OH is 1. The van der Waals surface area contributed by atoms with Gasteiger partial charge < -0.3 is 37.3 Å². The Kier molecular flexibility index (Phi) is 9.05. The van der Waals surface area contributed by atoms with Gasteiger partial charge in [-0.2, -0.15) is 9.36 Å². The fraction of sp³-hybridized carbons (Fsp3) is 0.318. The van der Waals surface area contributed by atoms with Gasteiger partial charge in [0.2, 0.25) is 18.1 Å². The summed E-state index contributed by atoms with van der Waals surface area (Å²) in [6.45, 7) is 0.0965. The number of nitrogen functional groups attached to an aromatic ring is 2. The number of fused-ring (bicyclic) bond motifs is 1. The minimum Gasteiger partial charge on any atom is -0.477 e. The molecule has 3 aromatic heterocycles. The zero-order valence-electron chi connectivity index (χ0n) is 22.2. The lowest BCUT2D eigenvalue weighted by molar-refractivity contribution is -0.767. The molecule has 1 saturated heterocycles. The molecule has 2 atom stereocenters. The van der Waals surface area contributed by atoms with Crippen LogP contribution >= 0.6 is 46.4 Å². The second kappa shape index (κ2) is 12.8. The van der Waals surface area contributed by atoms with E-state index in [0.29, 0.717) is 15.7 Å². The summed E-state index contributed by atoms with van der Waals surface area (Å²) in [6.07, 6.45) is 1.64. The van der Waals surface area contributed by atoms with Crippen molar-refractivity contribution in [3.05, 3.63) is 39.9 Å². The topological polar surface area (TPSA) is 276 Å². The first-order valence-electron chi connectivity index (χ1n) is 12.4. The molecule has 0 radical (unpaired) electrons. The van der Waals surface area contributed by atoms with Crippen LogP contribution in [-0.4, -0.2) is 103 Å². The smallest absolute Gasteiger partial charge is 0.352 e. The summed E-state index contributed by atoms with van der Waals surface area (Å²) >= 11 is 4.08. The number of oxime groups is 1. The molecule has 22 heteroatoms. The molecule has 0 aliphatic carbocycles. The van der Waals surface area contributed by atoms with Crippen molar-refractivity contribution in [1.82, 2.24) is 29.2 Å². The monoisotopic (exact) mass is 683 g/mol. The first kappa shape index (κ1) is 31.2. The highest BCUT2D eigenvalue weighted by Gasteiger charge is 2.54. The van der Waals surface area contributed by atoms with Gasteiger partial charge in [0.25, 0.3) is 11.8 Å². The zero-order chi connectivity index (χ0) is 31.7. The van der Waals surface area contributed by atoms with Crippen molar-refractivity contribution in [2.45, 2.75) is 28.8 Å². The number of aromatic nitrogens is 5. The molecule has 2 aliphatic heterocycles. The van der Waals surface area contributed by atoms with E-state index >= 15 is 0 Å². The van der Waals surface area contributed by atoms with Crippen LogP contribution in [0, 0.1) is 0 Å². The van der Waals surface area contributed by atoms with E-state index in [2.05, 4.69) is 24.8 Å². The lowest BCUT2D eigenvalue weighted by atomic mass is 10.0. The Bertz CT molecular complexity index is 1720. The number of aromatic carboxylic acids is 1. The molecular weight excluding hydrogens is 661 g/mol. The van der Waals surface area contributed by atoms with Gasteiger partial charge in [0.15, 0.2) is 21.5 Å². The van der Waals surface area contributed by atoms with Gasteiger partial charge in [-0.25, -0.2) is 14.6 Å². The number of hydrogen-bond acceptors (Lipinski definition) is 16. The molecule has 2 amide bonds. The molecular formula is C22H23N10O8S4+. The number of carbonyl (C=O) groups is 4. The Hall–Kier alpha value is -4.25. The number of anilines is 2. The van der Waals surface area contributed by atoms with Gasteiger partial charge in [-0.3, -0.25) is 14.5 Å². The summed E-state index contributed by atoms with van der Waals surface area (Å²) in [5.74, 6) is -3.67. The van der Waals surface area contributed by atoms with Crippen molar-refractivity contribution in [2.24, 2.45) is 5.16 Å². The van der Waals surface area contributed by atoms with Gasteiger partial charge >= 0.3 is 11.9 Å². The maximum absolute atomic E-state index is 13.0. The summed E-state index contributed by atoms with van der Waals surface area (Å²) in [6, 6.07) is 0.520. The molecule has 0 spiro atoms. The Morgan fingerprint density at radius 2 is 2.00 bits per heavy atom. The van der Waals surface area contributed by atoms with E-state index in [9.17, 15) is 39.7 Å². The SMILES string of the molecule is Nc1nc(/C(=N/O)C(=O)N[C@@H]2C(=O)N3C(C(=O)O)=C(CSc4nc(C[n+]5ccc(N)n5CCO)c(C(=O)O)s4)CSC23)ns1. The van der Waals surface area contributed by atoms with Crippen molar-refractivity contribution >= 4 is 86.8 Å². The zero-order valence-corrected chi connectivity index (χ0v) is 25.5. The summed E-state index contributed by atoms with van der Waals surface area (Å²) in [4.78, 5) is 59.3. The summed E-state index contributed by atoms with van der Waals surface area (Å²) in [5, 5.41) is 43.0. The van der Waals surface area contributed by atoms with Crippen molar-refractivity contribution in [3.63, 3.8) is 0 Å². The highest BCUT2D eigenvalue weighted by molar-refractivity contribution is 8.01. The molecule has 9 N–H and O–H groups in total. The highest BCUT2D eigenvalue weighted by atomic mass is 32.2. The number of nitrogens with zero attached hydrogens (tertiary/aromatic N) is 7. The molecule has 2 aliphatic rings. The highest BCUT2D eigenvalue weighted by Crippen LogP contribution is 2.42. The number of carboxylic acids is 2. The fourth-order valence-corrected chi connectivity index (χ4v) is 8.39. The van der Waals surface area contributed by atoms with Crippen LogP contribution in [0.15, 0.2) is 33.0 Å². The number of hydrogen-bond donors (Lipinski definition) is 7. The van der Waals surface area contributed by atoms with Gasteiger partial charge in [0.1, 0.15) is 34.2 Å². The van der Waals surface area contributed by atoms with Gasteiger partial charge in [-0.1, -0.05) is 16.9 Å². The van der Waals surface area contributed by atoms with E-state index < -0.39 is 40.9 Å². The molecule has 0 saturated carbocycles. The van der Waals surface area contributed by atoms with Crippen LogP contribution in [-0.2, 0) is 27.5 Å². The summed E-state index contributed by atoms with van der Waals surface area (Å²) in [7, 11) is 0. The summed E-state index contributed by atoms with van der Waals surface area (Å²) in [5.41, 5.74) is 11.3. The van der Waals surface area contributed by atoms with Crippen molar-refractivity contribution in [1.29, 1.82) is 0 Å². The largest absolute Gasteiger partial charge is 0.477 e. The third-order valence-corrected chi connectivity index (χ3v) is 10.6. The molecule has 232 valence electrons. The van der Waals surface area contributed by atoms with Crippen LogP contribution in [0.5, 0.6) is 0 Å². The normalized spacial score (nSPS) is 18.2. The number of thioether (sulfide) groups is 2. The van der Waals surface area contributed by atoms with Crippen LogP contribution in [0.4, 0.5) is 10.9 Å². The Morgan fingerprint density at radius 1 is 1.23 bits per heavy atom. The van der Waals surface area contributed by atoms with E-state index in [1.165, 1.54) is 11.8 Å². The third-order valence-electron chi connectivity index (χ3n) is 6.40. The predicted octanol–water partition coefficient (Wildman–Crippen LogP) is -1.30. The van der Waals surface area contributed by atoms with E-state index in [1.807, 2.05) is 0 Å². The average molecular weight is 684 g/mol. The number of thiazole rings is 1. The first-order valence-corrected chi connectivity index (χ1v) is 16.0. The molecule has 5 rings (SSSR count). The Labute approximate surface area is 263 Å². The maximum atomic E-state index is 13.0. The minimum atomic E-state index is -1.34. The number of nitrogens with two attached hydrogens (primary N) is 2. The summed E-state index contributed by atoms with van der Waals surface area (Å²) < 4.78 is 7.41. The van der Waals surface area contributed by atoms with Crippen LogP contribution in [0.25, 0.3) is 0 Å². The third kappa shape index (κ3) is 5.93. The molecule has 0 bridgehead atoms. The van der Waals surface area contributed by atoms with Crippen molar-refractivity contribution in [3.8, 4) is 0 Å². The number of carboxylic acid groups (broad SMARTS) is 2. The first-order chi connectivity index (χ1) is 21.0. The lowest BCUT2D eigenvalue weighted by Crippen LogP contribution is -2.71. The predicted molar refractivity (Wildman–Crippen MR) is 157 cm³/mol. The quantitative estimate of drug-likeness (QED) is 0.0292. The molecule has 44 heavy (non-hydrogen) atoms.